The van der Waals surface area contributed by atoms with Crippen LogP contribution in [0.15, 0.2) is 23.2 Å². The maximum atomic E-state index is 4.28. The van der Waals surface area contributed by atoms with Crippen LogP contribution in [0.5, 0.6) is 0 Å². The Hall–Kier alpha value is -1.71. The molecule has 0 bridgehead atoms. The van der Waals surface area contributed by atoms with Crippen LogP contribution in [0.4, 0.5) is 5.69 Å². The van der Waals surface area contributed by atoms with Crippen LogP contribution in [-0.4, -0.2) is 33.1 Å². The highest BCUT2D eigenvalue weighted by Gasteiger charge is 2.33. The molecule has 1 aromatic carbocycles. The third-order valence-corrected chi connectivity index (χ3v) is 3.94. The van der Waals surface area contributed by atoms with Gasteiger partial charge in [-0.25, -0.2) is 0 Å². The quantitative estimate of drug-likeness (QED) is 0.653. The molecule has 1 saturated carbocycles. The topological polar surface area (TPSA) is 39.7 Å². The summed E-state index contributed by atoms with van der Waals surface area (Å²) < 4.78 is 0. The number of aryl methyl sites for hydroxylation is 1. The minimum atomic E-state index is 0.596. The van der Waals surface area contributed by atoms with E-state index in [-0.39, 0.29) is 0 Å². The van der Waals surface area contributed by atoms with E-state index in [1.54, 1.807) is 0 Å². The molecule has 0 heterocycles. The van der Waals surface area contributed by atoms with Crippen LogP contribution in [0, 0.1) is 12.8 Å². The molecule has 0 radical (unpaired) electrons. The van der Waals surface area contributed by atoms with E-state index in [9.17, 15) is 0 Å². The summed E-state index contributed by atoms with van der Waals surface area (Å²) in [5, 5.41) is 6.83. The second kappa shape index (κ2) is 6.16. The zero-order valence-electron chi connectivity index (χ0n) is 13.2. The van der Waals surface area contributed by atoms with Crippen LogP contribution in [0.1, 0.15) is 24.5 Å². The van der Waals surface area contributed by atoms with Crippen LogP contribution in [0.3, 0.4) is 0 Å². The summed E-state index contributed by atoms with van der Waals surface area (Å²) in [5.41, 5.74) is 3.85. The summed E-state index contributed by atoms with van der Waals surface area (Å²) in [6, 6.07) is 7.16. The van der Waals surface area contributed by atoms with Gasteiger partial charge >= 0.3 is 0 Å². The number of guanidine groups is 1. The van der Waals surface area contributed by atoms with Crippen LogP contribution in [0.2, 0.25) is 0 Å². The molecule has 2 N–H and O–H groups in total. The number of aliphatic imine (C=N–C) groups is 1. The van der Waals surface area contributed by atoms with E-state index in [1.165, 1.54) is 23.2 Å². The zero-order valence-corrected chi connectivity index (χ0v) is 13.2. The van der Waals surface area contributed by atoms with Crippen molar-refractivity contribution in [3.63, 3.8) is 0 Å². The second-order valence-electron chi connectivity index (χ2n) is 5.89. The summed E-state index contributed by atoms with van der Waals surface area (Å²) in [6.07, 6.45) is 1.25. The highest BCUT2D eigenvalue weighted by Crippen LogP contribution is 2.28. The molecule has 0 spiro atoms. The molecule has 0 aromatic heterocycles. The van der Waals surface area contributed by atoms with Gasteiger partial charge in [-0.15, -0.1) is 0 Å². The number of nitrogens with one attached hydrogen (secondary N) is 2. The summed E-state index contributed by atoms with van der Waals surface area (Å²) >= 11 is 0. The Labute approximate surface area is 122 Å². The van der Waals surface area contributed by atoms with Gasteiger partial charge in [0.05, 0.1) is 0 Å². The summed E-state index contributed by atoms with van der Waals surface area (Å²) in [4.78, 5) is 6.40. The van der Waals surface area contributed by atoms with Crippen molar-refractivity contribution < 1.29 is 0 Å². The molecular formula is C16H26N4. The van der Waals surface area contributed by atoms with Gasteiger partial charge in [-0.2, -0.15) is 0 Å². The third kappa shape index (κ3) is 3.65. The van der Waals surface area contributed by atoms with Crippen molar-refractivity contribution in [2.24, 2.45) is 10.9 Å². The molecule has 4 heteroatoms. The number of anilines is 1. The van der Waals surface area contributed by atoms with E-state index in [2.05, 4.69) is 66.7 Å². The second-order valence-corrected chi connectivity index (χ2v) is 5.89. The fraction of sp³-hybridized carbons (Fsp3) is 0.562. The van der Waals surface area contributed by atoms with E-state index in [1.807, 2.05) is 7.05 Å². The smallest absolute Gasteiger partial charge is 0.191 e. The molecule has 20 heavy (non-hydrogen) atoms. The van der Waals surface area contributed by atoms with Crippen molar-refractivity contribution >= 4 is 11.6 Å². The first-order valence-electron chi connectivity index (χ1n) is 7.25. The van der Waals surface area contributed by atoms with Gasteiger partial charge in [-0.05, 0) is 42.5 Å². The molecule has 1 aliphatic rings. The van der Waals surface area contributed by atoms with Crippen LogP contribution in [-0.2, 0) is 6.54 Å². The first kappa shape index (κ1) is 14.7. The lowest BCUT2D eigenvalue weighted by atomic mass is 10.1. The van der Waals surface area contributed by atoms with E-state index in [0.717, 1.165) is 18.4 Å². The van der Waals surface area contributed by atoms with Gasteiger partial charge in [-0.1, -0.05) is 13.0 Å². The Morgan fingerprint density at radius 1 is 1.40 bits per heavy atom. The van der Waals surface area contributed by atoms with Gasteiger partial charge in [0, 0.05) is 39.4 Å². The summed E-state index contributed by atoms with van der Waals surface area (Å²) in [6.45, 7) is 5.22. The van der Waals surface area contributed by atoms with E-state index in [0.29, 0.717) is 6.04 Å². The van der Waals surface area contributed by atoms with Gasteiger partial charge in [0.15, 0.2) is 5.96 Å². The predicted octanol–water partition coefficient (Wildman–Crippen LogP) is 2.13. The SMILES string of the molecule is CN=C(NCc1ccc(N(C)C)cc1C)NC1CC1C. The standard InChI is InChI=1S/C16H26N4/c1-11-8-14(20(4)5)7-6-13(11)10-18-16(17-3)19-15-9-12(15)2/h6-8,12,15H,9-10H2,1-5H3,(H2,17,18,19). The summed E-state index contributed by atoms with van der Waals surface area (Å²) in [7, 11) is 5.95. The molecule has 0 aliphatic heterocycles. The van der Waals surface area contributed by atoms with Crippen LogP contribution in [0.25, 0.3) is 0 Å². The molecule has 0 saturated heterocycles. The lowest BCUT2D eigenvalue weighted by molar-refractivity contribution is 0.762. The normalized spacial score (nSPS) is 21.6. The van der Waals surface area contributed by atoms with Gasteiger partial charge in [0.25, 0.3) is 0 Å². The third-order valence-electron chi connectivity index (χ3n) is 3.94. The molecule has 1 fully saturated rings. The van der Waals surface area contributed by atoms with E-state index >= 15 is 0 Å². The highest BCUT2D eigenvalue weighted by molar-refractivity contribution is 5.80. The minimum absolute atomic E-state index is 0.596. The number of nitrogens with zero attached hydrogens (tertiary/aromatic N) is 2. The van der Waals surface area contributed by atoms with Crippen molar-refractivity contribution in [1.29, 1.82) is 0 Å². The van der Waals surface area contributed by atoms with Gasteiger partial charge in [0.2, 0.25) is 0 Å². The average Bonchev–Trinajstić information content (AvgIpc) is 3.10. The molecule has 110 valence electrons. The van der Waals surface area contributed by atoms with E-state index < -0.39 is 0 Å². The largest absolute Gasteiger partial charge is 0.378 e. The first-order valence-corrected chi connectivity index (χ1v) is 7.25. The Kier molecular flexibility index (Phi) is 4.53. The molecule has 2 rings (SSSR count). The molecule has 0 amide bonds. The summed E-state index contributed by atoms with van der Waals surface area (Å²) in [5.74, 6) is 1.67. The number of benzene rings is 1. The van der Waals surface area contributed by atoms with Crippen molar-refractivity contribution in [2.75, 3.05) is 26.0 Å². The Morgan fingerprint density at radius 2 is 2.10 bits per heavy atom. The lowest BCUT2D eigenvalue weighted by Crippen LogP contribution is -2.38. The predicted molar refractivity (Wildman–Crippen MR) is 86.4 cm³/mol. The molecule has 4 nitrogen and oxygen atoms in total. The van der Waals surface area contributed by atoms with Gasteiger partial charge in [0.1, 0.15) is 0 Å². The number of rotatable bonds is 4. The Bertz CT molecular complexity index is 493. The van der Waals surface area contributed by atoms with Crippen LogP contribution >= 0.6 is 0 Å². The monoisotopic (exact) mass is 274 g/mol. The van der Waals surface area contributed by atoms with Crippen molar-refractivity contribution in [2.45, 2.75) is 32.9 Å². The van der Waals surface area contributed by atoms with Gasteiger partial charge < -0.3 is 15.5 Å². The van der Waals surface area contributed by atoms with Gasteiger partial charge in [-0.3, -0.25) is 4.99 Å². The maximum Gasteiger partial charge on any atom is 0.191 e. The first-order chi connectivity index (χ1) is 9.51. The van der Waals surface area contributed by atoms with Crippen LogP contribution < -0.4 is 15.5 Å². The molecule has 2 atom stereocenters. The maximum absolute atomic E-state index is 4.28. The Balaban J connectivity index is 1.92. The van der Waals surface area contributed by atoms with E-state index in [4.69, 9.17) is 0 Å². The fourth-order valence-electron chi connectivity index (χ4n) is 2.23. The average molecular weight is 274 g/mol. The Morgan fingerprint density at radius 3 is 2.60 bits per heavy atom. The molecule has 2 unspecified atom stereocenters. The molecule has 1 aromatic rings. The number of hydrogen-bond acceptors (Lipinski definition) is 2. The van der Waals surface area contributed by atoms with Crippen molar-refractivity contribution in [1.82, 2.24) is 10.6 Å². The molecular weight excluding hydrogens is 248 g/mol. The number of hydrogen-bond donors (Lipinski definition) is 2. The lowest BCUT2D eigenvalue weighted by Gasteiger charge is -2.16. The highest BCUT2D eigenvalue weighted by atomic mass is 15.2. The fourth-order valence-corrected chi connectivity index (χ4v) is 2.23. The van der Waals surface area contributed by atoms with Crippen molar-refractivity contribution in [3.05, 3.63) is 29.3 Å². The van der Waals surface area contributed by atoms with Crippen molar-refractivity contribution in [3.8, 4) is 0 Å². The minimum Gasteiger partial charge on any atom is -0.378 e. The molecule has 1 aliphatic carbocycles. The zero-order chi connectivity index (χ0) is 14.7.